The summed E-state index contributed by atoms with van der Waals surface area (Å²) < 4.78 is 5.29. The number of imide groups is 1. The van der Waals surface area contributed by atoms with E-state index in [0.29, 0.717) is 29.3 Å². The van der Waals surface area contributed by atoms with Gasteiger partial charge in [0, 0.05) is 17.8 Å². The van der Waals surface area contributed by atoms with Crippen LogP contribution in [0.5, 0.6) is 5.75 Å². The quantitative estimate of drug-likeness (QED) is 0.614. The summed E-state index contributed by atoms with van der Waals surface area (Å²) in [6, 6.07) is 6.35. The molecule has 1 unspecified atom stereocenters. The molecule has 4 rings (SSSR count). The summed E-state index contributed by atoms with van der Waals surface area (Å²) in [6.45, 7) is 2.53. The minimum Gasteiger partial charge on any atom is -0.495 e. The van der Waals surface area contributed by atoms with Crippen LogP contribution in [0.4, 0.5) is 10.5 Å². The predicted molar refractivity (Wildman–Crippen MR) is 114 cm³/mol. The molecule has 162 valence electrons. The zero-order valence-electron chi connectivity index (χ0n) is 17.1. The first-order valence-electron chi connectivity index (χ1n) is 9.81. The molecule has 1 aromatic heterocycles. The van der Waals surface area contributed by atoms with Crippen LogP contribution >= 0.6 is 11.3 Å². The van der Waals surface area contributed by atoms with Gasteiger partial charge in [-0.2, -0.15) is 0 Å². The number of nitrogens with zero attached hydrogens (tertiary/aromatic N) is 1. The van der Waals surface area contributed by atoms with Crippen molar-refractivity contribution in [1.82, 2.24) is 15.5 Å². The molecule has 2 aliphatic heterocycles. The molecule has 0 bridgehead atoms. The summed E-state index contributed by atoms with van der Waals surface area (Å²) in [5, 5.41) is 7.83. The van der Waals surface area contributed by atoms with Crippen molar-refractivity contribution in [3.8, 4) is 5.75 Å². The van der Waals surface area contributed by atoms with Crippen LogP contribution in [-0.4, -0.2) is 41.8 Å². The number of methoxy groups -OCH3 is 1. The number of carbonyl (C=O) groups excluding carboxylic acids is 4. The molecule has 3 N–H and O–H groups in total. The summed E-state index contributed by atoms with van der Waals surface area (Å²) in [6.07, 6.45) is 0.562. The van der Waals surface area contributed by atoms with Gasteiger partial charge in [0.05, 0.1) is 24.2 Å². The zero-order chi connectivity index (χ0) is 22.1. The molecule has 2 aliphatic rings. The number of nitrogens with one attached hydrogen (secondary N) is 3. The molecule has 31 heavy (non-hydrogen) atoms. The molecule has 1 aromatic carbocycles. The van der Waals surface area contributed by atoms with E-state index in [4.69, 9.17) is 4.74 Å². The highest BCUT2D eigenvalue weighted by Crippen LogP contribution is 2.33. The Balaban J connectivity index is 1.35. The average Bonchev–Trinajstić information content (AvgIpc) is 3.27. The van der Waals surface area contributed by atoms with Gasteiger partial charge in [-0.05, 0) is 42.7 Å². The highest BCUT2D eigenvalue weighted by Gasteiger charge is 2.40. The number of rotatable bonds is 5. The molecule has 2 aromatic rings. The maximum absolute atomic E-state index is 12.8. The van der Waals surface area contributed by atoms with Crippen molar-refractivity contribution in [2.24, 2.45) is 0 Å². The highest BCUT2D eigenvalue weighted by molar-refractivity contribution is 7.14. The van der Waals surface area contributed by atoms with Crippen molar-refractivity contribution in [2.45, 2.75) is 38.9 Å². The Labute approximate surface area is 182 Å². The number of piperidine rings is 1. The number of ether oxygens (including phenoxy) is 1. The van der Waals surface area contributed by atoms with Gasteiger partial charge in [0.25, 0.3) is 5.91 Å². The van der Waals surface area contributed by atoms with Crippen LogP contribution < -0.4 is 20.7 Å². The van der Waals surface area contributed by atoms with Gasteiger partial charge in [-0.3, -0.25) is 19.7 Å². The molecule has 1 atom stereocenters. The van der Waals surface area contributed by atoms with Crippen molar-refractivity contribution in [3.05, 3.63) is 45.1 Å². The predicted octanol–water partition coefficient (Wildman–Crippen LogP) is 2.15. The van der Waals surface area contributed by atoms with E-state index in [9.17, 15) is 19.2 Å². The summed E-state index contributed by atoms with van der Waals surface area (Å²) in [7, 11) is 1.54. The van der Waals surface area contributed by atoms with Gasteiger partial charge in [0.2, 0.25) is 11.8 Å². The molecular formula is C21H22N4O5S. The van der Waals surface area contributed by atoms with E-state index in [1.54, 1.807) is 13.2 Å². The molecule has 3 heterocycles. The van der Waals surface area contributed by atoms with E-state index in [1.807, 2.05) is 25.1 Å². The van der Waals surface area contributed by atoms with Crippen LogP contribution in [0.25, 0.3) is 0 Å². The Morgan fingerprint density at radius 2 is 2.10 bits per heavy atom. The van der Waals surface area contributed by atoms with Gasteiger partial charge in [-0.15, -0.1) is 11.3 Å². The second kappa shape index (κ2) is 8.38. The number of anilines is 1. The lowest BCUT2D eigenvalue weighted by molar-refractivity contribution is -0.136. The van der Waals surface area contributed by atoms with Crippen LogP contribution in [-0.2, 0) is 22.7 Å². The second-order valence-corrected chi connectivity index (χ2v) is 8.62. The SMILES string of the molecule is COc1cc(C)ccc1NC(=O)NCc1cc2c(s1)C(=O)N(C1CCC(=O)NC1=O)C2. The Hall–Kier alpha value is -3.40. The number of hydrogen-bond donors (Lipinski definition) is 3. The Bertz CT molecular complexity index is 1080. The van der Waals surface area contributed by atoms with Gasteiger partial charge in [-0.25, -0.2) is 4.79 Å². The van der Waals surface area contributed by atoms with Crippen LogP contribution in [0.1, 0.15) is 38.5 Å². The highest BCUT2D eigenvalue weighted by atomic mass is 32.1. The van der Waals surface area contributed by atoms with Gasteiger partial charge in [-0.1, -0.05) is 6.07 Å². The number of aryl methyl sites for hydroxylation is 1. The third kappa shape index (κ3) is 4.24. The normalized spacial score (nSPS) is 17.9. The molecule has 9 nitrogen and oxygen atoms in total. The molecule has 0 saturated carbocycles. The van der Waals surface area contributed by atoms with Crippen molar-refractivity contribution in [3.63, 3.8) is 0 Å². The lowest BCUT2D eigenvalue weighted by Gasteiger charge is -2.29. The minimum atomic E-state index is -0.623. The monoisotopic (exact) mass is 442 g/mol. The number of hydrogen-bond acceptors (Lipinski definition) is 6. The van der Waals surface area contributed by atoms with Crippen molar-refractivity contribution in [1.29, 1.82) is 0 Å². The summed E-state index contributed by atoms with van der Waals surface area (Å²) in [5.41, 5.74) is 2.42. The van der Waals surface area contributed by atoms with Gasteiger partial charge in [0.15, 0.2) is 0 Å². The number of fused-ring (bicyclic) bond motifs is 1. The summed E-state index contributed by atoms with van der Waals surface area (Å²) >= 11 is 1.30. The van der Waals surface area contributed by atoms with E-state index >= 15 is 0 Å². The maximum Gasteiger partial charge on any atom is 0.319 e. The number of thiophene rings is 1. The lowest BCUT2D eigenvalue weighted by atomic mass is 10.0. The van der Waals surface area contributed by atoms with Crippen molar-refractivity contribution >= 4 is 40.8 Å². The van der Waals surface area contributed by atoms with E-state index < -0.39 is 11.9 Å². The number of urea groups is 1. The number of amides is 5. The fourth-order valence-corrected chi connectivity index (χ4v) is 4.79. The molecule has 0 radical (unpaired) electrons. The van der Waals surface area contributed by atoms with E-state index in [-0.39, 0.29) is 30.8 Å². The van der Waals surface area contributed by atoms with Crippen LogP contribution in [0.15, 0.2) is 24.3 Å². The van der Waals surface area contributed by atoms with E-state index in [2.05, 4.69) is 16.0 Å². The first-order valence-corrected chi connectivity index (χ1v) is 10.6. The standard InChI is InChI=1S/C21H22N4O5S/c1-11-3-4-14(16(7-11)30-2)23-21(29)22-9-13-8-12-10-25(20(28)18(12)31-13)15-5-6-17(26)24-19(15)27/h3-4,7-8,15H,5-6,9-10H2,1-2H3,(H2,22,23,29)(H,24,26,27). The molecule has 1 fully saturated rings. The minimum absolute atomic E-state index is 0.213. The van der Waals surface area contributed by atoms with Crippen LogP contribution in [0, 0.1) is 6.92 Å². The van der Waals surface area contributed by atoms with E-state index in [1.165, 1.54) is 16.2 Å². The molecule has 1 saturated heterocycles. The third-order valence-corrected chi connectivity index (χ3v) is 6.44. The fourth-order valence-electron chi connectivity index (χ4n) is 3.72. The Morgan fingerprint density at radius 3 is 2.81 bits per heavy atom. The second-order valence-electron chi connectivity index (χ2n) is 7.48. The smallest absolute Gasteiger partial charge is 0.319 e. The van der Waals surface area contributed by atoms with Crippen LogP contribution in [0.3, 0.4) is 0 Å². The fraction of sp³-hybridized carbons (Fsp3) is 0.333. The third-order valence-electron chi connectivity index (χ3n) is 5.27. The van der Waals surface area contributed by atoms with Gasteiger partial charge in [0.1, 0.15) is 11.8 Å². The first-order chi connectivity index (χ1) is 14.9. The maximum atomic E-state index is 12.8. The Morgan fingerprint density at radius 1 is 1.29 bits per heavy atom. The molecular weight excluding hydrogens is 420 g/mol. The Kier molecular flexibility index (Phi) is 5.64. The molecule has 0 aliphatic carbocycles. The molecule has 0 spiro atoms. The van der Waals surface area contributed by atoms with Gasteiger partial charge >= 0.3 is 6.03 Å². The topological polar surface area (TPSA) is 117 Å². The lowest BCUT2D eigenvalue weighted by Crippen LogP contribution is -2.52. The average molecular weight is 442 g/mol. The number of carbonyl (C=O) groups is 4. The van der Waals surface area contributed by atoms with Crippen molar-refractivity contribution < 1.29 is 23.9 Å². The van der Waals surface area contributed by atoms with Crippen molar-refractivity contribution in [2.75, 3.05) is 12.4 Å². The van der Waals surface area contributed by atoms with Crippen LogP contribution in [0.2, 0.25) is 0 Å². The summed E-state index contributed by atoms with van der Waals surface area (Å²) in [4.78, 5) is 51.4. The largest absolute Gasteiger partial charge is 0.495 e. The van der Waals surface area contributed by atoms with E-state index in [0.717, 1.165) is 16.0 Å². The first kappa shape index (κ1) is 20.9. The van der Waals surface area contributed by atoms with Gasteiger partial charge < -0.3 is 20.3 Å². The zero-order valence-corrected chi connectivity index (χ0v) is 17.9. The molecule has 10 heteroatoms. The molecule has 5 amide bonds. The summed E-state index contributed by atoms with van der Waals surface area (Å²) in [5.74, 6) is -0.374. The number of benzene rings is 1.